The number of hydrogen-bond acceptors (Lipinski definition) is 12. The SMILES string of the molecule is CC(C)CC(O)COc1ccccc1.CCc1ccccc1OCC(O)CC(C)C.CCc1ccccc1OCC(O)CC(C)C.CCc1ccccc1OCC1CO1.CCc1ccccc1OCC1CO1.c1ccc(OCC2CO2)cc1. The third-order valence-electron chi connectivity index (χ3n) is 12.9. The average Bonchev–Trinajstić information content (AvgIpc) is 4.35. The van der Waals surface area contributed by atoms with Crippen molar-refractivity contribution in [2.24, 2.45) is 17.8 Å². The molecule has 3 fully saturated rings. The lowest BCUT2D eigenvalue weighted by atomic mass is 10.1. The van der Waals surface area contributed by atoms with Crippen LogP contribution in [0.4, 0.5) is 0 Å². The quantitative estimate of drug-likeness (QED) is 0.0401. The maximum atomic E-state index is 9.72. The van der Waals surface area contributed by atoms with Gasteiger partial charge in [-0.05, 0) is 133 Å². The number of ether oxygens (including phenoxy) is 9. The number of aryl methyl sites for hydroxylation is 4. The zero-order chi connectivity index (χ0) is 60.0. The van der Waals surface area contributed by atoms with Crippen LogP contribution in [0.15, 0.2) is 158 Å². The lowest BCUT2D eigenvalue weighted by Crippen LogP contribution is -2.19. The largest absolute Gasteiger partial charge is 0.491 e. The molecule has 3 N–H and O–H groups in total. The molecule has 3 saturated heterocycles. The van der Waals surface area contributed by atoms with Crippen molar-refractivity contribution in [3.8, 4) is 34.5 Å². The highest BCUT2D eigenvalue weighted by Crippen LogP contribution is 2.24. The Morgan fingerprint density at radius 3 is 0.855 bits per heavy atom. The first-order chi connectivity index (χ1) is 40.2. The molecule has 456 valence electrons. The Labute approximate surface area is 498 Å². The van der Waals surface area contributed by atoms with Crippen LogP contribution in [0.3, 0.4) is 0 Å². The summed E-state index contributed by atoms with van der Waals surface area (Å²) in [6, 6.07) is 51.7. The predicted molar refractivity (Wildman–Crippen MR) is 335 cm³/mol. The second kappa shape index (κ2) is 41.0. The maximum Gasteiger partial charge on any atom is 0.122 e. The molecule has 3 heterocycles. The van der Waals surface area contributed by atoms with Gasteiger partial charge >= 0.3 is 0 Å². The maximum absolute atomic E-state index is 9.72. The van der Waals surface area contributed by atoms with Crippen molar-refractivity contribution in [1.29, 1.82) is 0 Å². The fourth-order valence-corrected chi connectivity index (χ4v) is 8.23. The van der Waals surface area contributed by atoms with Gasteiger partial charge in [0.15, 0.2) is 0 Å². The summed E-state index contributed by atoms with van der Waals surface area (Å²) in [6.45, 7) is 26.8. The molecule has 0 spiro atoms. The molecular formula is C71H100O12. The van der Waals surface area contributed by atoms with E-state index in [0.717, 1.165) is 99.3 Å². The monoisotopic (exact) mass is 1140 g/mol. The molecule has 0 aromatic heterocycles. The van der Waals surface area contributed by atoms with Crippen molar-refractivity contribution in [2.45, 2.75) is 151 Å². The summed E-state index contributed by atoms with van der Waals surface area (Å²) in [6.07, 6.45) is 6.21. The molecule has 6 aromatic carbocycles. The van der Waals surface area contributed by atoms with E-state index in [1.807, 2.05) is 133 Å². The molecule has 0 amide bonds. The Bertz CT molecular complexity index is 2420. The van der Waals surface area contributed by atoms with Crippen LogP contribution < -0.4 is 28.4 Å². The van der Waals surface area contributed by atoms with Crippen LogP contribution in [0.5, 0.6) is 34.5 Å². The number of epoxide rings is 3. The van der Waals surface area contributed by atoms with E-state index in [9.17, 15) is 15.3 Å². The highest BCUT2D eigenvalue weighted by molar-refractivity contribution is 5.35. The van der Waals surface area contributed by atoms with Gasteiger partial charge in [-0.25, -0.2) is 0 Å². The minimum Gasteiger partial charge on any atom is -0.491 e. The molecule has 12 nitrogen and oxygen atoms in total. The first kappa shape index (κ1) is 69.4. The van der Waals surface area contributed by atoms with Gasteiger partial charge in [0, 0.05) is 0 Å². The third kappa shape index (κ3) is 32.5. The smallest absolute Gasteiger partial charge is 0.122 e. The molecule has 83 heavy (non-hydrogen) atoms. The molecular weight excluding hydrogens is 1040 g/mol. The van der Waals surface area contributed by atoms with E-state index in [1.54, 1.807) is 0 Å². The normalized spacial score (nSPS) is 16.2. The van der Waals surface area contributed by atoms with Crippen molar-refractivity contribution in [1.82, 2.24) is 0 Å². The van der Waals surface area contributed by atoms with Gasteiger partial charge in [-0.15, -0.1) is 0 Å². The highest BCUT2D eigenvalue weighted by atomic mass is 16.6. The Balaban J connectivity index is 0.000000215. The van der Waals surface area contributed by atoms with Crippen molar-refractivity contribution in [2.75, 3.05) is 59.5 Å². The van der Waals surface area contributed by atoms with E-state index in [0.29, 0.717) is 75.7 Å². The highest BCUT2D eigenvalue weighted by Gasteiger charge is 2.25. The Hall–Kier alpha value is -6.12. The van der Waals surface area contributed by atoms with Gasteiger partial charge in [-0.3, -0.25) is 0 Å². The number of benzene rings is 6. The molecule has 6 unspecified atom stereocenters. The summed E-state index contributed by atoms with van der Waals surface area (Å²) < 4.78 is 48.5. The van der Waals surface area contributed by atoms with Crippen molar-refractivity contribution in [3.05, 3.63) is 180 Å². The fourth-order valence-electron chi connectivity index (χ4n) is 8.23. The minimum absolute atomic E-state index is 0.338. The summed E-state index contributed by atoms with van der Waals surface area (Å²) in [5, 5.41) is 29.0. The van der Waals surface area contributed by atoms with E-state index in [4.69, 9.17) is 42.6 Å². The number of hydrogen-bond donors (Lipinski definition) is 3. The van der Waals surface area contributed by atoms with Gasteiger partial charge in [0.25, 0.3) is 0 Å². The summed E-state index contributed by atoms with van der Waals surface area (Å²) in [5.74, 6) is 7.03. The van der Waals surface area contributed by atoms with Crippen LogP contribution in [0.1, 0.15) is 111 Å². The molecule has 0 saturated carbocycles. The summed E-state index contributed by atoms with van der Waals surface area (Å²) in [4.78, 5) is 0. The summed E-state index contributed by atoms with van der Waals surface area (Å²) in [7, 11) is 0. The minimum atomic E-state index is -0.370. The van der Waals surface area contributed by atoms with Crippen LogP contribution in [0.25, 0.3) is 0 Å². The van der Waals surface area contributed by atoms with E-state index in [-0.39, 0.29) is 18.3 Å². The number of aliphatic hydroxyl groups excluding tert-OH is 3. The third-order valence-corrected chi connectivity index (χ3v) is 12.9. The Morgan fingerprint density at radius 1 is 0.337 bits per heavy atom. The topological polar surface area (TPSA) is 154 Å². The standard InChI is InChI=1S/2C14H22O2.C12H18O2.2C11H14O2.C9H10O2/c2*1-4-12-7-5-6-8-14(12)16-10-13(15)9-11(2)3;1-10(2)8-11(13)9-14-12-6-4-3-5-7-12;2*1-2-9-5-3-4-6-11(9)13-8-10-7-12-10;1-2-4-8(5-3-1)10-6-9-7-11-9/h2*5-8,11,13,15H,4,9-10H2,1-3H3;3-7,10-11,13H,8-9H2,1-2H3;2*3-6,10H,2,7-8H2,1H3;1-5,9H,6-7H2. The molecule has 12 heteroatoms. The molecule has 0 radical (unpaired) electrons. The average molecular weight is 1150 g/mol. The van der Waals surface area contributed by atoms with Crippen LogP contribution in [0, 0.1) is 17.8 Å². The summed E-state index contributed by atoms with van der Waals surface area (Å²) >= 11 is 0. The van der Waals surface area contributed by atoms with Gasteiger partial charge < -0.3 is 58.0 Å². The first-order valence-electron chi connectivity index (χ1n) is 30.3. The molecule has 6 atom stereocenters. The fraction of sp³-hybridized carbons (Fsp3) is 0.493. The van der Waals surface area contributed by atoms with Crippen molar-refractivity contribution in [3.63, 3.8) is 0 Å². The molecule has 0 aliphatic carbocycles. The summed E-state index contributed by atoms with van der Waals surface area (Å²) in [5.41, 5.74) is 4.92. The van der Waals surface area contributed by atoms with Gasteiger partial charge in [0.05, 0.1) is 38.1 Å². The lowest BCUT2D eigenvalue weighted by Gasteiger charge is -2.15. The second-order valence-electron chi connectivity index (χ2n) is 22.1. The lowest BCUT2D eigenvalue weighted by molar-refractivity contribution is 0.0887. The van der Waals surface area contributed by atoms with E-state index < -0.39 is 0 Å². The molecule has 9 rings (SSSR count). The van der Waals surface area contributed by atoms with Crippen LogP contribution in [0.2, 0.25) is 0 Å². The van der Waals surface area contributed by atoms with Crippen LogP contribution in [-0.2, 0) is 39.9 Å². The van der Waals surface area contributed by atoms with Gasteiger partial charge in [0.2, 0.25) is 0 Å². The molecule has 0 bridgehead atoms. The molecule has 6 aromatic rings. The number of para-hydroxylation sites is 6. The molecule has 3 aliphatic rings. The van der Waals surface area contributed by atoms with Crippen molar-refractivity contribution < 1.29 is 58.0 Å². The molecule has 3 aliphatic heterocycles. The van der Waals surface area contributed by atoms with E-state index >= 15 is 0 Å². The van der Waals surface area contributed by atoms with Gasteiger partial charge in [0.1, 0.15) is 92.5 Å². The van der Waals surface area contributed by atoms with Crippen molar-refractivity contribution >= 4 is 0 Å². The van der Waals surface area contributed by atoms with Crippen LogP contribution >= 0.6 is 0 Å². The second-order valence-corrected chi connectivity index (χ2v) is 22.1. The van der Waals surface area contributed by atoms with Gasteiger partial charge in [-0.2, -0.15) is 0 Å². The Kier molecular flexibility index (Phi) is 34.3. The Morgan fingerprint density at radius 2 is 0.578 bits per heavy atom. The van der Waals surface area contributed by atoms with Gasteiger partial charge in [-0.1, -0.05) is 178 Å². The number of aliphatic hydroxyl groups is 3. The zero-order valence-electron chi connectivity index (χ0n) is 51.5. The zero-order valence-corrected chi connectivity index (χ0v) is 51.5. The first-order valence-corrected chi connectivity index (χ1v) is 30.3. The van der Waals surface area contributed by atoms with E-state index in [2.05, 4.69) is 93.5 Å². The van der Waals surface area contributed by atoms with E-state index in [1.165, 1.54) is 22.3 Å². The number of rotatable bonds is 28. The van der Waals surface area contributed by atoms with Crippen LogP contribution in [-0.4, -0.2) is 111 Å². The predicted octanol–water partition coefficient (Wildman–Crippen LogP) is 14.1.